The highest BCUT2D eigenvalue weighted by Gasteiger charge is 2.51. The summed E-state index contributed by atoms with van der Waals surface area (Å²) in [6, 6.07) is 9.16. The summed E-state index contributed by atoms with van der Waals surface area (Å²) in [5, 5.41) is 4.40. The summed E-state index contributed by atoms with van der Waals surface area (Å²) in [7, 11) is 0. The molecule has 3 aromatic rings. The number of carbonyl (C=O) groups excluding carboxylic acids is 4. The van der Waals surface area contributed by atoms with Crippen LogP contribution in [0.1, 0.15) is 307 Å². The molecule has 6 nitrogen and oxygen atoms in total. The maximum absolute atomic E-state index is 14.5. The molecule has 0 spiro atoms. The lowest BCUT2D eigenvalue weighted by Crippen LogP contribution is -2.36. The number of carbonyl (C=O) groups is 4. The maximum Gasteiger partial charge on any atom is 0.233 e. The molecule has 0 aromatic heterocycles. The van der Waals surface area contributed by atoms with Crippen molar-refractivity contribution in [3.63, 3.8) is 0 Å². The molecule has 6 atom stereocenters. The predicted molar refractivity (Wildman–Crippen MR) is 353 cm³/mol. The molecule has 2 heterocycles. The van der Waals surface area contributed by atoms with Gasteiger partial charge < -0.3 is 0 Å². The minimum atomic E-state index is -0.299. The van der Waals surface area contributed by atoms with E-state index >= 15 is 0 Å². The second kappa shape index (κ2) is 36.5. The Morgan fingerprint density at radius 3 is 0.695 bits per heavy atom. The van der Waals surface area contributed by atoms with Gasteiger partial charge in [-0.15, -0.1) is 0 Å². The van der Waals surface area contributed by atoms with Crippen LogP contribution in [0.3, 0.4) is 0 Å². The van der Waals surface area contributed by atoms with E-state index in [1.165, 1.54) is 253 Å². The average molecular weight is 1260 g/mol. The molecule has 4 aliphatic rings. The molecule has 2 aliphatic carbocycles. The molecule has 458 valence electrons. The van der Waals surface area contributed by atoms with E-state index in [9.17, 15) is 19.2 Å². The molecule has 2 saturated heterocycles. The molecule has 3 aromatic carbocycles. The SMILES string of the molecule is CCCCCCCCCCCCC(CCCCCCCCCC)CN1C(=O)C2Cc3cc4c(Br)c5cc6c(cc5c(Br)c4cc3CC2C1=O)CC1C(=O)N(CC(CCCCCCCCCC)CCCCCCCCCCCC)C(=O)C1C6. The lowest BCUT2D eigenvalue weighted by Gasteiger charge is -2.27. The highest BCUT2D eigenvalue weighted by atomic mass is 79.9. The third kappa shape index (κ3) is 19.2. The highest BCUT2D eigenvalue weighted by Crippen LogP contribution is 2.47. The molecule has 6 unspecified atom stereocenters. The van der Waals surface area contributed by atoms with E-state index in [0.29, 0.717) is 50.6 Å². The first-order chi connectivity index (χ1) is 40.1. The third-order valence-corrected chi connectivity index (χ3v) is 22.1. The molecule has 4 amide bonds. The van der Waals surface area contributed by atoms with Gasteiger partial charge in [0.15, 0.2) is 0 Å². The van der Waals surface area contributed by atoms with Crippen LogP contribution in [0, 0.1) is 35.5 Å². The molecule has 0 N–H and O–H groups in total. The van der Waals surface area contributed by atoms with Gasteiger partial charge in [-0.25, -0.2) is 0 Å². The molecule has 0 bridgehead atoms. The van der Waals surface area contributed by atoms with Crippen molar-refractivity contribution in [3.05, 3.63) is 55.5 Å². The molecule has 2 aliphatic heterocycles. The molecule has 82 heavy (non-hydrogen) atoms. The first kappa shape index (κ1) is 66.9. The van der Waals surface area contributed by atoms with Crippen LogP contribution in [-0.4, -0.2) is 46.5 Å². The standard InChI is InChI=1S/C74H114Br2N2O4/c1-5-9-13-17-21-25-27-31-35-39-43-55(41-37-33-29-23-19-15-11-7-3)53-77-71(79)65-49-57-45-61-62(46-58(57)50-66(65)72(77)80)70(76)64-48-60-52-68-67(51-59(60)47-63(64)69(61)75)73(81)78(74(68)82)54-56(42-38-34-30-24-20-16-12-8-4)44-40-36-32-28-26-22-18-14-10-6-2/h45-48,55-56,65-68H,5-44,49-54H2,1-4H3. The van der Waals surface area contributed by atoms with Gasteiger partial charge in [0.25, 0.3) is 0 Å². The predicted octanol–water partition coefficient (Wildman–Crippen LogP) is 21.8. The van der Waals surface area contributed by atoms with Crippen molar-refractivity contribution in [1.82, 2.24) is 9.80 Å². The normalized spacial score (nSPS) is 19.4. The van der Waals surface area contributed by atoms with Gasteiger partial charge in [-0.2, -0.15) is 0 Å². The number of likely N-dealkylation sites (tertiary alicyclic amines) is 2. The van der Waals surface area contributed by atoms with Crippen molar-refractivity contribution in [2.75, 3.05) is 13.1 Å². The van der Waals surface area contributed by atoms with Gasteiger partial charge in [-0.1, -0.05) is 259 Å². The summed E-state index contributed by atoms with van der Waals surface area (Å²) in [4.78, 5) is 61.4. The fraction of sp³-hybridized carbons (Fsp3) is 0.757. The number of rotatable bonds is 44. The molecular formula is C74H114Br2N2O4. The Bertz CT molecular complexity index is 2170. The molecule has 7 rings (SSSR count). The summed E-state index contributed by atoms with van der Waals surface area (Å²) >= 11 is 8.22. The number of nitrogens with zero attached hydrogens (tertiary/aromatic N) is 2. The van der Waals surface area contributed by atoms with Crippen molar-refractivity contribution in [3.8, 4) is 0 Å². The number of halogens is 2. The summed E-state index contributed by atoms with van der Waals surface area (Å²) in [6.45, 7) is 10.3. The van der Waals surface area contributed by atoms with Crippen molar-refractivity contribution in [2.24, 2.45) is 35.5 Å². The molecule has 0 radical (unpaired) electrons. The van der Waals surface area contributed by atoms with Gasteiger partial charge in [-0.3, -0.25) is 29.0 Å². The lowest BCUT2D eigenvalue weighted by atomic mass is 9.75. The van der Waals surface area contributed by atoms with E-state index in [1.807, 2.05) is 0 Å². The van der Waals surface area contributed by atoms with Crippen LogP contribution in [0.2, 0.25) is 0 Å². The first-order valence-corrected chi connectivity index (χ1v) is 36.8. The van der Waals surface area contributed by atoms with Crippen LogP contribution in [0.25, 0.3) is 21.5 Å². The van der Waals surface area contributed by atoms with Crippen LogP contribution in [-0.2, 0) is 44.9 Å². The lowest BCUT2D eigenvalue weighted by molar-refractivity contribution is -0.142. The zero-order valence-corrected chi connectivity index (χ0v) is 55.8. The van der Waals surface area contributed by atoms with Crippen LogP contribution < -0.4 is 0 Å². The van der Waals surface area contributed by atoms with E-state index in [0.717, 1.165) is 56.2 Å². The fourth-order valence-electron chi connectivity index (χ4n) is 15.2. The van der Waals surface area contributed by atoms with Gasteiger partial charge in [0.1, 0.15) is 0 Å². The van der Waals surface area contributed by atoms with Gasteiger partial charge in [-0.05, 0) is 163 Å². The van der Waals surface area contributed by atoms with Crippen molar-refractivity contribution < 1.29 is 19.2 Å². The second-order valence-corrected chi connectivity index (χ2v) is 28.6. The van der Waals surface area contributed by atoms with Gasteiger partial charge in [0.2, 0.25) is 23.6 Å². The number of unbranched alkanes of at least 4 members (excludes halogenated alkanes) is 32. The number of hydrogen-bond acceptors (Lipinski definition) is 4. The smallest absolute Gasteiger partial charge is 0.233 e. The van der Waals surface area contributed by atoms with E-state index in [-0.39, 0.29) is 47.3 Å². The molecular weight excluding hydrogens is 1140 g/mol. The number of benzene rings is 3. The highest BCUT2D eigenvalue weighted by molar-refractivity contribution is 9.11. The average Bonchev–Trinajstić information content (AvgIpc) is 3.85. The third-order valence-electron chi connectivity index (χ3n) is 20.4. The quantitative estimate of drug-likeness (QED) is 0.0321. The number of hydrogen-bond donors (Lipinski definition) is 0. The van der Waals surface area contributed by atoms with Crippen LogP contribution >= 0.6 is 31.9 Å². The van der Waals surface area contributed by atoms with E-state index in [2.05, 4.69) is 83.8 Å². The van der Waals surface area contributed by atoms with Crippen LogP contribution in [0.5, 0.6) is 0 Å². The topological polar surface area (TPSA) is 74.8 Å². The Kier molecular flexibility index (Phi) is 29.8. The summed E-state index contributed by atoms with van der Waals surface area (Å²) in [5.41, 5.74) is 4.70. The van der Waals surface area contributed by atoms with Crippen molar-refractivity contribution in [2.45, 2.75) is 310 Å². The largest absolute Gasteiger partial charge is 0.282 e. The Labute approximate surface area is 517 Å². The maximum atomic E-state index is 14.5. The fourth-order valence-corrected chi connectivity index (χ4v) is 16.5. The molecule has 0 saturated carbocycles. The minimum Gasteiger partial charge on any atom is -0.282 e. The van der Waals surface area contributed by atoms with Crippen LogP contribution in [0.4, 0.5) is 0 Å². The first-order valence-electron chi connectivity index (χ1n) is 35.2. The van der Waals surface area contributed by atoms with Gasteiger partial charge in [0, 0.05) is 22.0 Å². The minimum absolute atomic E-state index is 0.0556. The Morgan fingerprint density at radius 1 is 0.317 bits per heavy atom. The zero-order valence-electron chi connectivity index (χ0n) is 52.6. The van der Waals surface area contributed by atoms with Gasteiger partial charge >= 0.3 is 0 Å². The Hall–Kier alpha value is -2.58. The van der Waals surface area contributed by atoms with E-state index in [4.69, 9.17) is 0 Å². The van der Waals surface area contributed by atoms with E-state index < -0.39 is 0 Å². The van der Waals surface area contributed by atoms with E-state index in [1.54, 1.807) is 9.80 Å². The van der Waals surface area contributed by atoms with Crippen LogP contribution in [0.15, 0.2) is 33.2 Å². The summed E-state index contributed by atoms with van der Waals surface area (Å²) in [6.07, 6.45) is 53.9. The summed E-state index contributed by atoms with van der Waals surface area (Å²) in [5.74, 6) is -0.226. The molecule has 8 heteroatoms. The number of fused-ring (bicyclic) bond motifs is 6. The van der Waals surface area contributed by atoms with Gasteiger partial charge in [0.05, 0.1) is 23.7 Å². The monoisotopic (exact) mass is 1250 g/mol. The van der Waals surface area contributed by atoms with Crippen molar-refractivity contribution >= 4 is 77.0 Å². The van der Waals surface area contributed by atoms with Crippen molar-refractivity contribution in [1.29, 1.82) is 0 Å². The Morgan fingerprint density at radius 2 is 0.500 bits per heavy atom. The number of amides is 4. The number of imide groups is 2. The molecule has 2 fully saturated rings. The Balaban J connectivity index is 0.987. The summed E-state index contributed by atoms with van der Waals surface area (Å²) < 4.78 is 2.04. The zero-order chi connectivity index (χ0) is 58.1. The second-order valence-electron chi connectivity index (χ2n) is 27.0.